The molecule has 0 aliphatic carbocycles. The second kappa shape index (κ2) is 1.99. The molecule has 0 aromatic rings. The van der Waals surface area contributed by atoms with Gasteiger partial charge in [0.1, 0.15) is 5.83 Å². The Kier molecular flexibility index (Phi) is 1.33. The molecule has 0 saturated carbocycles. The summed E-state index contributed by atoms with van der Waals surface area (Å²) in [6.07, 6.45) is 3.20. The number of nitrogens with one attached hydrogen (secondary N) is 1. The van der Waals surface area contributed by atoms with Gasteiger partial charge in [-0.25, -0.2) is 4.39 Å². The van der Waals surface area contributed by atoms with Gasteiger partial charge in [-0.2, -0.15) is 0 Å². The van der Waals surface area contributed by atoms with Crippen LogP contribution in [0.2, 0.25) is 0 Å². The first-order valence-corrected chi connectivity index (χ1v) is 2.57. The SMILES string of the molecule is CC1=CNCC=C1F. The zero-order valence-corrected chi connectivity index (χ0v) is 4.74. The molecule has 1 aliphatic heterocycles. The van der Waals surface area contributed by atoms with E-state index in [1.165, 1.54) is 6.08 Å². The highest BCUT2D eigenvalue weighted by molar-refractivity contribution is 5.25. The van der Waals surface area contributed by atoms with Crippen molar-refractivity contribution in [3.05, 3.63) is 23.7 Å². The summed E-state index contributed by atoms with van der Waals surface area (Å²) in [4.78, 5) is 0. The Morgan fingerprint density at radius 1 is 1.75 bits per heavy atom. The number of hydrogen-bond donors (Lipinski definition) is 1. The first-order chi connectivity index (χ1) is 3.80. The molecule has 0 spiro atoms. The minimum atomic E-state index is -0.108. The molecule has 0 aromatic heterocycles. The van der Waals surface area contributed by atoms with Crippen LogP contribution < -0.4 is 5.32 Å². The monoisotopic (exact) mass is 113 g/mol. The van der Waals surface area contributed by atoms with Crippen LogP contribution in [0.5, 0.6) is 0 Å². The lowest BCUT2D eigenvalue weighted by molar-refractivity contribution is 0.634. The molecule has 0 radical (unpaired) electrons. The van der Waals surface area contributed by atoms with Crippen LogP contribution in [0.1, 0.15) is 6.92 Å². The van der Waals surface area contributed by atoms with Gasteiger partial charge in [0.25, 0.3) is 0 Å². The van der Waals surface area contributed by atoms with E-state index in [0.29, 0.717) is 12.1 Å². The van der Waals surface area contributed by atoms with E-state index in [2.05, 4.69) is 5.32 Å². The summed E-state index contributed by atoms with van der Waals surface area (Å²) in [7, 11) is 0. The fraction of sp³-hybridized carbons (Fsp3) is 0.333. The van der Waals surface area contributed by atoms with Gasteiger partial charge in [-0.05, 0) is 13.0 Å². The molecule has 0 fully saturated rings. The van der Waals surface area contributed by atoms with Gasteiger partial charge in [0, 0.05) is 18.3 Å². The van der Waals surface area contributed by atoms with Crippen LogP contribution in [0, 0.1) is 0 Å². The largest absolute Gasteiger partial charge is 0.387 e. The third kappa shape index (κ3) is 0.886. The Labute approximate surface area is 47.9 Å². The Bertz CT molecular complexity index is 129. The van der Waals surface area contributed by atoms with Gasteiger partial charge < -0.3 is 5.32 Å². The molecule has 0 unspecified atom stereocenters. The van der Waals surface area contributed by atoms with Crippen molar-refractivity contribution in [3.8, 4) is 0 Å². The summed E-state index contributed by atoms with van der Waals surface area (Å²) < 4.78 is 12.3. The highest BCUT2D eigenvalue weighted by Gasteiger charge is 1.99. The van der Waals surface area contributed by atoms with E-state index in [1.807, 2.05) is 0 Å². The zero-order chi connectivity index (χ0) is 5.98. The van der Waals surface area contributed by atoms with Crippen molar-refractivity contribution in [1.29, 1.82) is 0 Å². The standard InChI is InChI=1S/C6H8FN/c1-5-4-8-3-2-6(5)7/h2,4,8H,3H2,1H3. The van der Waals surface area contributed by atoms with E-state index in [-0.39, 0.29) is 5.83 Å². The number of rotatable bonds is 0. The van der Waals surface area contributed by atoms with Crippen molar-refractivity contribution in [2.75, 3.05) is 6.54 Å². The predicted molar refractivity (Wildman–Crippen MR) is 31.0 cm³/mol. The second-order valence-corrected chi connectivity index (χ2v) is 1.79. The molecule has 1 aliphatic rings. The maximum atomic E-state index is 12.3. The van der Waals surface area contributed by atoms with E-state index in [1.54, 1.807) is 13.1 Å². The van der Waals surface area contributed by atoms with Gasteiger partial charge in [0.05, 0.1) is 0 Å². The molecule has 0 atom stereocenters. The summed E-state index contributed by atoms with van der Waals surface area (Å²) in [6, 6.07) is 0. The first-order valence-electron chi connectivity index (χ1n) is 2.57. The van der Waals surface area contributed by atoms with Gasteiger partial charge >= 0.3 is 0 Å². The summed E-state index contributed by atoms with van der Waals surface area (Å²) in [5.41, 5.74) is 0.677. The molecule has 0 bridgehead atoms. The normalized spacial score (nSPS) is 18.8. The smallest absolute Gasteiger partial charge is 0.125 e. The minimum Gasteiger partial charge on any atom is -0.387 e. The molecule has 2 heteroatoms. The van der Waals surface area contributed by atoms with Crippen LogP contribution in [0.4, 0.5) is 4.39 Å². The average molecular weight is 113 g/mol. The number of dihydropyridines is 1. The van der Waals surface area contributed by atoms with Crippen molar-refractivity contribution in [2.24, 2.45) is 0 Å². The Morgan fingerprint density at radius 3 is 2.88 bits per heavy atom. The molecule has 0 aromatic carbocycles. The van der Waals surface area contributed by atoms with Crippen LogP contribution in [0.25, 0.3) is 0 Å². The second-order valence-electron chi connectivity index (χ2n) is 1.79. The molecule has 44 valence electrons. The van der Waals surface area contributed by atoms with E-state index >= 15 is 0 Å². The van der Waals surface area contributed by atoms with Gasteiger partial charge in [-0.1, -0.05) is 0 Å². The van der Waals surface area contributed by atoms with Crippen LogP contribution in [-0.2, 0) is 0 Å². The summed E-state index contributed by atoms with van der Waals surface area (Å²) in [6.45, 7) is 2.35. The topological polar surface area (TPSA) is 12.0 Å². The highest BCUT2D eigenvalue weighted by Crippen LogP contribution is 2.10. The first kappa shape index (κ1) is 5.35. The third-order valence-corrected chi connectivity index (χ3v) is 1.09. The van der Waals surface area contributed by atoms with E-state index in [0.717, 1.165) is 0 Å². The lowest BCUT2D eigenvalue weighted by atomic mass is 10.2. The number of halogens is 1. The zero-order valence-electron chi connectivity index (χ0n) is 4.74. The number of hydrogen-bond acceptors (Lipinski definition) is 1. The molecule has 0 saturated heterocycles. The van der Waals surface area contributed by atoms with Crippen molar-refractivity contribution in [3.63, 3.8) is 0 Å². The van der Waals surface area contributed by atoms with Gasteiger partial charge in [-0.3, -0.25) is 0 Å². The molecule has 1 rings (SSSR count). The van der Waals surface area contributed by atoms with E-state index in [4.69, 9.17) is 0 Å². The highest BCUT2D eigenvalue weighted by atomic mass is 19.1. The van der Waals surface area contributed by atoms with Crippen molar-refractivity contribution >= 4 is 0 Å². The van der Waals surface area contributed by atoms with Crippen LogP contribution in [0.15, 0.2) is 23.7 Å². The van der Waals surface area contributed by atoms with Gasteiger partial charge in [-0.15, -0.1) is 0 Å². The molecule has 1 N–H and O–H groups in total. The molecule has 8 heavy (non-hydrogen) atoms. The van der Waals surface area contributed by atoms with Crippen molar-refractivity contribution in [1.82, 2.24) is 5.32 Å². The Hall–Kier alpha value is -0.790. The third-order valence-electron chi connectivity index (χ3n) is 1.09. The Morgan fingerprint density at radius 2 is 2.50 bits per heavy atom. The van der Waals surface area contributed by atoms with Crippen LogP contribution >= 0.6 is 0 Å². The lowest BCUT2D eigenvalue weighted by Crippen LogP contribution is -2.09. The maximum Gasteiger partial charge on any atom is 0.125 e. The van der Waals surface area contributed by atoms with Crippen LogP contribution in [-0.4, -0.2) is 6.54 Å². The molecule has 0 amide bonds. The summed E-state index contributed by atoms with van der Waals surface area (Å²) in [5.74, 6) is -0.108. The van der Waals surface area contributed by atoms with Gasteiger partial charge in [0.2, 0.25) is 0 Å². The van der Waals surface area contributed by atoms with Crippen molar-refractivity contribution < 1.29 is 4.39 Å². The van der Waals surface area contributed by atoms with E-state index in [9.17, 15) is 4.39 Å². The minimum absolute atomic E-state index is 0.108. The maximum absolute atomic E-state index is 12.3. The predicted octanol–water partition coefficient (Wildman–Crippen LogP) is 1.35. The molecular formula is C6H8FN. The fourth-order valence-corrected chi connectivity index (χ4v) is 0.590. The Balaban J connectivity index is 2.73. The summed E-state index contributed by atoms with van der Waals surface area (Å²) >= 11 is 0. The van der Waals surface area contributed by atoms with E-state index < -0.39 is 0 Å². The molecule has 1 nitrogen and oxygen atoms in total. The lowest BCUT2D eigenvalue weighted by Gasteiger charge is -2.04. The average Bonchev–Trinajstić information content (AvgIpc) is 1.77. The summed E-state index contributed by atoms with van der Waals surface area (Å²) in [5, 5.41) is 2.89. The van der Waals surface area contributed by atoms with Crippen molar-refractivity contribution in [2.45, 2.75) is 6.92 Å². The van der Waals surface area contributed by atoms with Crippen LogP contribution in [0.3, 0.4) is 0 Å². The quantitative estimate of drug-likeness (QED) is 0.500. The molecular weight excluding hydrogens is 105 g/mol. The number of allylic oxidation sites excluding steroid dienone is 2. The molecule has 1 heterocycles. The van der Waals surface area contributed by atoms with Gasteiger partial charge in [0.15, 0.2) is 0 Å². The fourth-order valence-electron chi connectivity index (χ4n) is 0.590.